The molecule has 2 N–H and O–H groups in total. The van der Waals surface area contributed by atoms with Gasteiger partial charge in [-0.1, -0.05) is 29.8 Å². The van der Waals surface area contributed by atoms with E-state index in [9.17, 15) is 20.0 Å². The van der Waals surface area contributed by atoms with Crippen molar-refractivity contribution in [1.29, 1.82) is 0 Å². The van der Waals surface area contributed by atoms with E-state index in [1.54, 1.807) is 6.07 Å². The number of nitro groups is 1. The standard InChI is InChI=1S/C12H13BrN2O5/c1-12(2)5-20-11(17)14-10(12)7-3-6(13)4-8(9(7)16)15(18)19/h3-4,10,16H,5H2,1-2H3,(H,14,17)/t10-/m1/s1. The van der Waals surface area contributed by atoms with E-state index in [4.69, 9.17) is 4.74 Å². The maximum Gasteiger partial charge on any atom is 0.407 e. The van der Waals surface area contributed by atoms with Crippen LogP contribution in [0.4, 0.5) is 10.5 Å². The van der Waals surface area contributed by atoms with Crippen molar-refractivity contribution in [3.63, 3.8) is 0 Å². The van der Waals surface area contributed by atoms with E-state index in [1.807, 2.05) is 13.8 Å². The van der Waals surface area contributed by atoms with Crippen LogP contribution < -0.4 is 5.32 Å². The second-order valence-corrected chi connectivity index (χ2v) is 6.18. The smallest absolute Gasteiger partial charge is 0.407 e. The van der Waals surface area contributed by atoms with Crippen molar-refractivity contribution >= 4 is 27.7 Å². The lowest BCUT2D eigenvalue weighted by atomic mass is 9.80. The molecule has 0 aromatic heterocycles. The zero-order valence-electron chi connectivity index (χ0n) is 10.8. The summed E-state index contributed by atoms with van der Waals surface area (Å²) in [5.41, 5.74) is -0.640. The van der Waals surface area contributed by atoms with Gasteiger partial charge in [-0.25, -0.2) is 4.79 Å². The molecule has 0 bridgehead atoms. The number of amides is 1. The Morgan fingerprint density at radius 2 is 2.20 bits per heavy atom. The summed E-state index contributed by atoms with van der Waals surface area (Å²) >= 11 is 3.18. The van der Waals surface area contributed by atoms with Gasteiger partial charge in [0.1, 0.15) is 6.61 Å². The third-order valence-corrected chi connectivity index (χ3v) is 3.67. The summed E-state index contributed by atoms with van der Waals surface area (Å²) in [6.07, 6.45) is -0.614. The molecule has 8 heteroatoms. The normalized spacial score (nSPS) is 20.9. The lowest BCUT2D eigenvalue weighted by Crippen LogP contribution is -2.46. The molecule has 0 saturated carbocycles. The van der Waals surface area contributed by atoms with Crippen LogP contribution in [0, 0.1) is 15.5 Å². The Balaban J connectivity index is 2.56. The average molecular weight is 345 g/mol. The van der Waals surface area contributed by atoms with Gasteiger partial charge < -0.3 is 15.2 Å². The fourth-order valence-electron chi connectivity index (χ4n) is 2.15. The summed E-state index contributed by atoms with van der Waals surface area (Å²) in [6.45, 7) is 3.83. The Morgan fingerprint density at radius 3 is 2.80 bits per heavy atom. The Morgan fingerprint density at radius 1 is 1.55 bits per heavy atom. The number of hydrogen-bond donors (Lipinski definition) is 2. The number of nitro benzene ring substituents is 1. The van der Waals surface area contributed by atoms with Crippen molar-refractivity contribution in [2.75, 3.05) is 6.61 Å². The molecule has 1 amide bonds. The summed E-state index contributed by atoms with van der Waals surface area (Å²) in [5.74, 6) is -0.446. The minimum absolute atomic E-state index is 0.156. The highest BCUT2D eigenvalue weighted by molar-refractivity contribution is 9.10. The van der Waals surface area contributed by atoms with E-state index in [0.717, 1.165) is 0 Å². The van der Waals surface area contributed by atoms with E-state index in [2.05, 4.69) is 21.2 Å². The number of aromatic hydroxyl groups is 1. The molecule has 1 atom stereocenters. The average Bonchev–Trinajstić information content (AvgIpc) is 2.34. The van der Waals surface area contributed by atoms with Gasteiger partial charge in [0.05, 0.1) is 11.0 Å². The zero-order chi connectivity index (χ0) is 15.1. The first kappa shape index (κ1) is 14.6. The van der Waals surface area contributed by atoms with Gasteiger partial charge in [0, 0.05) is 21.5 Å². The molecule has 0 aliphatic carbocycles. The molecule has 108 valence electrons. The van der Waals surface area contributed by atoms with Crippen LogP contribution in [0.1, 0.15) is 25.5 Å². The summed E-state index contributed by atoms with van der Waals surface area (Å²) < 4.78 is 5.37. The van der Waals surface area contributed by atoms with Gasteiger partial charge in [-0.3, -0.25) is 10.1 Å². The molecule has 1 aromatic carbocycles. The lowest BCUT2D eigenvalue weighted by molar-refractivity contribution is -0.386. The topological polar surface area (TPSA) is 102 Å². The Bertz CT molecular complexity index is 587. The molecule has 0 spiro atoms. The van der Waals surface area contributed by atoms with Crippen LogP contribution in [0.15, 0.2) is 16.6 Å². The second-order valence-electron chi connectivity index (χ2n) is 5.26. The minimum atomic E-state index is -0.669. The number of ether oxygens (including phenoxy) is 1. The number of rotatable bonds is 2. The minimum Gasteiger partial charge on any atom is -0.502 e. The molecule has 0 unspecified atom stereocenters. The van der Waals surface area contributed by atoms with Crippen LogP contribution in [-0.4, -0.2) is 22.7 Å². The predicted molar refractivity (Wildman–Crippen MR) is 73.5 cm³/mol. The van der Waals surface area contributed by atoms with Crippen LogP contribution in [-0.2, 0) is 4.74 Å². The first-order chi connectivity index (χ1) is 9.22. The first-order valence-corrected chi connectivity index (χ1v) is 6.62. The second kappa shape index (κ2) is 4.93. The van der Waals surface area contributed by atoms with Crippen molar-refractivity contribution in [3.8, 4) is 5.75 Å². The van der Waals surface area contributed by atoms with Crippen molar-refractivity contribution in [2.24, 2.45) is 5.41 Å². The van der Waals surface area contributed by atoms with Gasteiger partial charge in [0.25, 0.3) is 0 Å². The highest BCUT2D eigenvalue weighted by Crippen LogP contribution is 2.44. The van der Waals surface area contributed by atoms with Crippen LogP contribution in [0.2, 0.25) is 0 Å². The molecule has 1 aliphatic rings. The SMILES string of the molecule is CC1(C)COC(=O)N[C@@H]1c1cc(Br)cc([N+](=O)[O-])c1O. The number of phenols is 1. The van der Waals surface area contributed by atoms with Gasteiger partial charge in [0.15, 0.2) is 5.75 Å². The van der Waals surface area contributed by atoms with Crippen molar-refractivity contribution in [2.45, 2.75) is 19.9 Å². The van der Waals surface area contributed by atoms with E-state index in [1.165, 1.54) is 6.07 Å². The molecule has 0 radical (unpaired) electrons. The molecule has 1 aliphatic heterocycles. The summed E-state index contributed by atoms with van der Waals surface area (Å²) in [6, 6.07) is 2.19. The number of alkyl carbamates (subject to hydrolysis) is 1. The van der Waals surface area contributed by atoms with Gasteiger partial charge in [-0.15, -0.1) is 0 Å². The van der Waals surface area contributed by atoms with Crippen LogP contribution in [0.25, 0.3) is 0 Å². The van der Waals surface area contributed by atoms with E-state index in [0.29, 0.717) is 4.47 Å². The van der Waals surface area contributed by atoms with Gasteiger partial charge in [-0.05, 0) is 6.07 Å². The number of halogens is 1. The van der Waals surface area contributed by atoms with Crippen molar-refractivity contribution < 1.29 is 19.6 Å². The van der Waals surface area contributed by atoms with Crippen LogP contribution in [0.3, 0.4) is 0 Å². The molecule has 1 aromatic rings. The van der Waals surface area contributed by atoms with Crippen LogP contribution >= 0.6 is 15.9 Å². The number of carbonyl (C=O) groups is 1. The molecule has 1 heterocycles. The number of nitrogens with zero attached hydrogens (tertiary/aromatic N) is 1. The van der Waals surface area contributed by atoms with Gasteiger partial charge in [0.2, 0.25) is 0 Å². The molecule has 20 heavy (non-hydrogen) atoms. The number of phenolic OH excluding ortho intramolecular Hbond substituents is 1. The predicted octanol–water partition coefficient (Wildman–Crippen LogP) is 2.87. The van der Waals surface area contributed by atoms with Gasteiger partial charge >= 0.3 is 11.8 Å². The zero-order valence-corrected chi connectivity index (χ0v) is 12.4. The van der Waals surface area contributed by atoms with E-state index >= 15 is 0 Å². The third-order valence-electron chi connectivity index (χ3n) is 3.21. The molecular formula is C12H13BrN2O5. The third kappa shape index (κ3) is 2.55. The molecular weight excluding hydrogens is 332 g/mol. The summed E-state index contributed by atoms with van der Waals surface area (Å²) in [5, 5.41) is 23.6. The molecule has 1 fully saturated rings. The monoisotopic (exact) mass is 344 g/mol. The number of cyclic esters (lactones) is 1. The summed E-state index contributed by atoms with van der Waals surface area (Å²) in [4.78, 5) is 21.7. The van der Waals surface area contributed by atoms with Crippen molar-refractivity contribution in [3.05, 3.63) is 32.3 Å². The van der Waals surface area contributed by atoms with E-state index in [-0.39, 0.29) is 12.2 Å². The molecule has 1 saturated heterocycles. The van der Waals surface area contributed by atoms with Gasteiger partial charge in [-0.2, -0.15) is 0 Å². The number of benzene rings is 1. The number of hydrogen-bond acceptors (Lipinski definition) is 5. The first-order valence-electron chi connectivity index (χ1n) is 5.82. The maximum absolute atomic E-state index is 11.4. The number of nitrogens with one attached hydrogen (secondary N) is 1. The molecule has 7 nitrogen and oxygen atoms in total. The fraction of sp³-hybridized carbons (Fsp3) is 0.417. The summed E-state index contributed by atoms with van der Waals surface area (Å²) in [7, 11) is 0. The largest absolute Gasteiger partial charge is 0.502 e. The number of carbonyl (C=O) groups excluding carboxylic acids is 1. The molecule has 2 rings (SSSR count). The maximum atomic E-state index is 11.4. The van der Waals surface area contributed by atoms with E-state index < -0.39 is 33.9 Å². The quantitative estimate of drug-likeness (QED) is 0.634. The Hall–Kier alpha value is -1.83. The lowest BCUT2D eigenvalue weighted by Gasteiger charge is -2.38. The highest BCUT2D eigenvalue weighted by atomic mass is 79.9. The Labute approximate surface area is 123 Å². The fourth-order valence-corrected chi connectivity index (χ4v) is 2.62. The Kier molecular flexibility index (Phi) is 3.59. The highest BCUT2D eigenvalue weighted by Gasteiger charge is 2.40. The van der Waals surface area contributed by atoms with Crippen molar-refractivity contribution in [1.82, 2.24) is 5.32 Å². The van der Waals surface area contributed by atoms with Crippen LogP contribution in [0.5, 0.6) is 5.75 Å².